The van der Waals surface area contributed by atoms with Gasteiger partial charge in [-0.2, -0.15) is 0 Å². The third-order valence-electron chi connectivity index (χ3n) is 5.10. The third kappa shape index (κ3) is 6.88. The average Bonchev–Trinajstić information content (AvgIpc) is 2.77. The van der Waals surface area contributed by atoms with Crippen molar-refractivity contribution in [3.8, 4) is 5.75 Å². The second kappa shape index (κ2) is 12.1. The Hall–Kier alpha value is -2.75. The van der Waals surface area contributed by atoms with Gasteiger partial charge in [0.1, 0.15) is 28.5 Å². The minimum Gasteiger partial charge on any atom is -0.487 e. The predicted octanol–water partition coefficient (Wildman–Crippen LogP) is 4.28. The highest BCUT2D eigenvalue weighted by molar-refractivity contribution is 9.10. The smallest absolute Gasteiger partial charge is 0.266 e. The molecule has 34 heavy (non-hydrogen) atoms. The normalized spacial score (nSPS) is 11.5. The van der Waals surface area contributed by atoms with Gasteiger partial charge < -0.3 is 20.8 Å². The van der Waals surface area contributed by atoms with Gasteiger partial charge in [0.05, 0.1) is 6.04 Å². The minimum atomic E-state index is -0.721. The van der Waals surface area contributed by atoms with Gasteiger partial charge in [0.2, 0.25) is 5.91 Å². The number of H-pyrrole nitrogens is 1. The van der Waals surface area contributed by atoms with Crippen molar-refractivity contribution in [3.63, 3.8) is 0 Å². The molecule has 10 heteroatoms. The maximum Gasteiger partial charge on any atom is 0.266 e. The average molecular weight is 557 g/mol. The number of aromatic nitrogens is 1. The first-order valence-electron chi connectivity index (χ1n) is 10.2. The van der Waals surface area contributed by atoms with Crippen LogP contribution in [-0.4, -0.2) is 16.9 Å². The summed E-state index contributed by atoms with van der Waals surface area (Å²) in [7, 11) is 0. The maximum absolute atomic E-state index is 14.0. The van der Waals surface area contributed by atoms with Crippen LogP contribution in [-0.2, 0) is 24.4 Å². The lowest BCUT2D eigenvalue weighted by atomic mass is 10.0. The van der Waals surface area contributed by atoms with Crippen LogP contribution in [0.5, 0.6) is 5.75 Å². The molecule has 0 aliphatic rings. The van der Waals surface area contributed by atoms with E-state index in [0.29, 0.717) is 24.4 Å². The van der Waals surface area contributed by atoms with Gasteiger partial charge in [-0.05, 0) is 53.0 Å². The Kier molecular flexibility index (Phi) is 9.78. The second-order valence-corrected chi connectivity index (χ2v) is 8.52. The number of amides is 1. The van der Waals surface area contributed by atoms with Crippen LogP contribution < -0.4 is 21.3 Å². The number of rotatable bonds is 8. The summed E-state index contributed by atoms with van der Waals surface area (Å²) in [6.45, 7) is 3.57. The molecule has 1 heterocycles. The van der Waals surface area contributed by atoms with Gasteiger partial charge in [-0.15, -0.1) is 12.4 Å². The van der Waals surface area contributed by atoms with Gasteiger partial charge in [-0.25, -0.2) is 8.78 Å². The fourth-order valence-electron chi connectivity index (χ4n) is 3.19. The number of aryl methyl sites for hydroxylation is 1. The van der Waals surface area contributed by atoms with Crippen molar-refractivity contribution in [3.05, 3.63) is 96.9 Å². The highest BCUT2D eigenvalue weighted by Crippen LogP contribution is 2.31. The number of halogens is 4. The van der Waals surface area contributed by atoms with Crippen molar-refractivity contribution in [2.45, 2.75) is 39.5 Å². The van der Waals surface area contributed by atoms with E-state index in [4.69, 9.17) is 10.5 Å². The van der Waals surface area contributed by atoms with Gasteiger partial charge in [0.25, 0.3) is 5.56 Å². The molecule has 0 spiro atoms. The fourth-order valence-corrected chi connectivity index (χ4v) is 3.64. The van der Waals surface area contributed by atoms with Gasteiger partial charge in [-0.1, -0.05) is 24.3 Å². The zero-order valence-electron chi connectivity index (χ0n) is 18.6. The van der Waals surface area contributed by atoms with E-state index in [-0.39, 0.29) is 40.5 Å². The summed E-state index contributed by atoms with van der Waals surface area (Å²) in [5, 5.41) is 2.76. The highest BCUT2D eigenvalue weighted by Gasteiger charge is 2.17. The molecular weight excluding hydrogens is 532 g/mol. The van der Waals surface area contributed by atoms with Crippen LogP contribution in [0.15, 0.2) is 51.7 Å². The zero-order chi connectivity index (χ0) is 24.1. The molecule has 0 aliphatic heterocycles. The van der Waals surface area contributed by atoms with E-state index >= 15 is 0 Å². The van der Waals surface area contributed by atoms with Crippen LogP contribution in [0.4, 0.5) is 8.78 Å². The molecule has 0 fully saturated rings. The van der Waals surface area contributed by atoms with Crippen LogP contribution >= 0.6 is 28.3 Å². The lowest BCUT2D eigenvalue weighted by Gasteiger charge is -2.16. The first-order valence-corrected chi connectivity index (χ1v) is 11.0. The topological polar surface area (TPSA) is 97.2 Å². The molecule has 0 aliphatic carbocycles. The largest absolute Gasteiger partial charge is 0.487 e. The lowest BCUT2D eigenvalue weighted by molar-refractivity contribution is -0.122. The Morgan fingerprint density at radius 2 is 1.82 bits per heavy atom. The molecule has 1 atom stereocenters. The van der Waals surface area contributed by atoms with E-state index in [1.54, 1.807) is 13.8 Å². The Morgan fingerprint density at radius 3 is 2.44 bits per heavy atom. The minimum absolute atomic E-state index is 0. The molecule has 0 unspecified atom stereocenters. The maximum atomic E-state index is 14.0. The van der Waals surface area contributed by atoms with Crippen molar-refractivity contribution < 1.29 is 18.3 Å². The van der Waals surface area contributed by atoms with E-state index in [0.717, 1.165) is 28.8 Å². The quantitative estimate of drug-likeness (QED) is 0.386. The first-order chi connectivity index (χ1) is 15.7. The van der Waals surface area contributed by atoms with Crippen LogP contribution in [0.25, 0.3) is 0 Å². The summed E-state index contributed by atoms with van der Waals surface area (Å²) in [6, 6.07) is 10.3. The summed E-state index contributed by atoms with van der Waals surface area (Å²) in [6.07, 6.45) is 0.439. The van der Waals surface area contributed by atoms with Gasteiger partial charge in [0.15, 0.2) is 0 Å². The summed E-state index contributed by atoms with van der Waals surface area (Å²) >= 11 is 3.27. The number of hydrogen-bond acceptors (Lipinski definition) is 4. The molecule has 3 aromatic rings. The number of aromatic amines is 1. The van der Waals surface area contributed by atoms with Crippen molar-refractivity contribution in [2.24, 2.45) is 5.73 Å². The van der Waals surface area contributed by atoms with Crippen LogP contribution in [0.2, 0.25) is 0 Å². The number of pyridine rings is 1. The standard InChI is InChI=1S/C24H24BrF2N3O3.ClH/c1-13(28)23(31)29-11-16-5-3-15(4-6-16)9-19-14(2)30-24(32)21(25)22(19)33-12-17-7-8-18(26)10-20(17)27;/h3-8,10,13H,9,11-12,28H2,1-2H3,(H,29,31)(H,30,32);1H/t13-;/m0./s1. The predicted molar refractivity (Wildman–Crippen MR) is 132 cm³/mol. The van der Waals surface area contributed by atoms with Crippen LogP contribution in [0.3, 0.4) is 0 Å². The molecule has 0 bridgehead atoms. The van der Waals surface area contributed by atoms with Gasteiger partial charge in [-0.3, -0.25) is 9.59 Å². The molecule has 182 valence electrons. The first kappa shape index (κ1) is 27.5. The number of carbonyl (C=O) groups excluding carboxylic acids is 1. The number of carbonyl (C=O) groups is 1. The number of nitrogens with one attached hydrogen (secondary N) is 2. The number of ether oxygens (including phenoxy) is 1. The Balaban J connectivity index is 0.00000408. The molecule has 3 rings (SSSR count). The second-order valence-electron chi connectivity index (χ2n) is 7.72. The van der Waals surface area contributed by atoms with Crippen molar-refractivity contribution in [2.75, 3.05) is 0 Å². The molecule has 6 nitrogen and oxygen atoms in total. The van der Waals surface area contributed by atoms with Gasteiger partial charge in [0, 0.05) is 35.9 Å². The molecule has 4 N–H and O–H groups in total. The molecule has 1 amide bonds. The lowest BCUT2D eigenvalue weighted by Crippen LogP contribution is -2.37. The van der Waals surface area contributed by atoms with Crippen LogP contribution in [0, 0.1) is 18.6 Å². The Labute approximate surface area is 210 Å². The molecular formula is C24H25BrClF2N3O3. The van der Waals surface area contributed by atoms with Crippen molar-refractivity contribution in [1.82, 2.24) is 10.3 Å². The molecule has 1 aromatic heterocycles. The Morgan fingerprint density at radius 1 is 1.18 bits per heavy atom. The monoisotopic (exact) mass is 555 g/mol. The van der Waals surface area contributed by atoms with E-state index in [9.17, 15) is 18.4 Å². The summed E-state index contributed by atoms with van der Waals surface area (Å²) < 4.78 is 33.2. The number of benzene rings is 2. The van der Waals surface area contributed by atoms with E-state index in [1.165, 1.54) is 6.07 Å². The number of nitrogens with two attached hydrogens (primary N) is 1. The van der Waals surface area contributed by atoms with E-state index in [1.807, 2.05) is 24.3 Å². The molecule has 0 radical (unpaired) electrons. The summed E-state index contributed by atoms with van der Waals surface area (Å²) in [4.78, 5) is 26.7. The third-order valence-corrected chi connectivity index (χ3v) is 5.82. The highest BCUT2D eigenvalue weighted by atomic mass is 79.9. The van der Waals surface area contributed by atoms with Gasteiger partial charge >= 0.3 is 0 Å². The summed E-state index contributed by atoms with van der Waals surface area (Å²) in [5.41, 5.74) is 8.54. The molecule has 0 saturated heterocycles. The van der Waals surface area contributed by atoms with Crippen LogP contribution in [0.1, 0.15) is 34.9 Å². The van der Waals surface area contributed by atoms with E-state index in [2.05, 4.69) is 26.2 Å². The number of hydrogen-bond donors (Lipinski definition) is 3. The van der Waals surface area contributed by atoms with Crippen molar-refractivity contribution >= 4 is 34.2 Å². The van der Waals surface area contributed by atoms with E-state index < -0.39 is 17.7 Å². The van der Waals surface area contributed by atoms with Crippen molar-refractivity contribution in [1.29, 1.82) is 0 Å². The Bertz CT molecular complexity index is 1220. The summed E-state index contributed by atoms with van der Waals surface area (Å²) in [5.74, 6) is -1.33. The fraction of sp³-hybridized carbons (Fsp3) is 0.250. The molecule has 0 saturated carbocycles. The SMILES string of the molecule is Cc1[nH]c(=O)c(Br)c(OCc2ccc(F)cc2F)c1Cc1ccc(CNC(=O)[C@H](C)N)cc1.Cl. The zero-order valence-corrected chi connectivity index (χ0v) is 21.0. The molecule has 2 aromatic carbocycles.